The first kappa shape index (κ1) is 143. The maximum absolute atomic E-state index is 13.4. The molecule has 0 bridgehead atoms. The van der Waals surface area contributed by atoms with Crippen LogP contribution in [0.2, 0.25) is 0 Å². The van der Waals surface area contributed by atoms with E-state index in [9.17, 15) is 14.3 Å². The van der Waals surface area contributed by atoms with Crippen LogP contribution in [0.5, 0.6) is 17.2 Å². The maximum atomic E-state index is 13.4. The molecule has 5 aromatic rings. The summed E-state index contributed by atoms with van der Waals surface area (Å²) in [5.74, 6) is 2.23. The summed E-state index contributed by atoms with van der Waals surface area (Å²) in [4.78, 5) is 41.3. The van der Waals surface area contributed by atoms with Gasteiger partial charge in [-0.15, -0.1) is 23.2 Å². The fraction of sp³-hybridized carbons (Fsp3) is 0.617. The van der Waals surface area contributed by atoms with Gasteiger partial charge in [0, 0.05) is 45.0 Å². The molecule has 0 aromatic heterocycles. The third-order valence-corrected chi connectivity index (χ3v) is 23.5. The molecule has 2 saturated heterocycles. The van der Waals surface area contributed by atoms with Crippen LogP contribution < -0.4 is 255 Å². The van der Waals surface area contributed by atoms with E-state index in [4.69, 9.17) is 90.5 Å². The van der Waals surface area contributed by atoms with E-state index >= 15 is 0 Å². The van der Waals surface area contributed by atoms with Gasteiger partial charge in [0.2, 0.25) is 0 Å². The predicted octanol–water partition coefficient (Wildman–Crippen LogP) is 9.16. The number of hydrogen-bond donors (Lipinski definition) is 1. The summed E-state index contributed by atoms with van der Waals surface area (Å²) in [7, 11) is -6.82. The Morgan fingerprint density at radius 1 is 0.500 bits per heavy atom. The number of ether oxygens (including phenoxy) is 2. The second-order valence-corrected chi connectivity index (χ2v) is 39.7. The summed E-state index contributed by atoms with van der Waals surface area (Å²) in [5.41, 5.74) is 4.24. The molecule has 0 radical (unpaired) electrons. The zero-order valence-electron chi connectivity index (χ0n) is 86.1. The van der Waals surface area contributed by atoms with Crippen molar-refractivity contribution in [3.8, 4) is 17.2 Å². The SMILES string of the molecule is C=Cc1cccc(O)c1.C=Cc1cccc(OCC)c1.CC1(C)CCCC(C)(C)N1OCc1ccccc1.CCCl.CCCl.CCON(C(C(C)(C)C)P(=O)(OCC)OCC)C(C)(C)C.CCOP(=O)(OCC)C(N([O-])C(C)(C)C)C(C)(C)C.CCOc1cccc(C(CCc2ccccc2)ON2C(C)(C)CCCC2(C)C)c1.O=CO[O-].O=CO[O-].[H-].[H-].[K+].[K+].[K+].[K+].[Na+]. The molecule has 1 N–H and O–H groups in total. The number of carbonyl (C=O) groups is 2. The number of aromatic hydroxyl groups is 1. The summed E-state index contributed by atoms with van der Waals surface area (Å²) in [6.07, 6.45) is 12.6. The summed E-state index contributed by atoms with van der Waals surface area (Å²) in [6.45, 7) is 69.0. The summed E-state index contributed by atoms with van der Waals surface area (Å²) >= 11 is 10.00. The van der Waals surface area contributed by atoms with E-state index in [-0.39, 0.29) is 309 Å². The number of phenolic OH excluding ortho intramolecular Hbond substituents is 1. The van der Waals surface area contributed by atoms with E-state index in [1.54, 1.807) is 64.0 Å². The van der Waals surface area contributed by atoms with E-state index in [0.717, 1.165) is 65.1 Å². The molecule has 2 fully saturated rings. The molecule has 0 spiro atoms. The minimum Gasteiger partial charge on any atom is -1.00 e. The summed E-state index contributed by atoms with van der Waals surface area (Å²) < 4.78 is 59.3. The van der Waals surface area contributed by atoms with Crippen molar-refractivity contribution in [1.29, 1.82) is 0 Å². The average molecular weight is 1960 g/mol. The van der Waals surface area contributed by atoms with Gasteiger partial charge in [-0.2, -0.15) is 15.2 Å². The number of alkyl halides is 2. The van der Waals surface area contributed by atoms with Crippen LogP contribution in [0.1, 0.15) is 283 Å². The Balaban J connectivity index is -0.000000160. The fourth-order valence-corrected chi connectivity index (χ4v) is 18.6. The molecule has 2 aliphatic rings. The van der Waals surface area contributed by atoms with Gasteiger partial charge >= 0.3 is 250 Å². The molecule has 3 unspecified atom stereocenters. The van der Waals surface area contributed by atoms with Crippen molar-refractivity contribution in [2.75, 3.05) is 58.0 Å². The molecule has 2 aliphatic heterocycles. The number of rotatable bonds is 31. The number of hydrogen-bond acceptors (Lipinski definition) is 23. The minimum atomic E-state index is -3.49. The van der Waals surface area contributed by atoms with E-state index in [0.29, 0.717) is 39.6 Å². The van der Waals surface area contributed by atoms with Crippen LogP contribution in [0.25, 0.3) is 12.2 Å². The van der Waals surface area contributed by atoms with Gasteiger partial charge in [0.05, 0.1) is 52.9 Å². The van der Waals surface area contributed by atoms with Crippen LogP contribution in [0, 0.1) is 16.0 Å². The van der Waals surface area contributed by atoms with E-state index < -0.39 is 37.7 Å². The van der Waals surface area contributed by atoms with Crippen LogP contribution >= 0.6 is 38.4 Å². The first-order chi connectivity index (χ1) is 56.4. The molecule has 698 valence electrons. The molecule has 0 aliphatic carbocycles. The average Bonchev–Trinajstić information content (AvgIpc) is 0.909. The molecule has 32 heteroatoms. The molecule has 3 atom stereocenters. The number of phenols is 1. The van der Waals surface area contributed by atoms with Crippen molar-refractivity contribution in [2.45, 2.75) is 310 Å². The Morgan fingerprint density at radius 3 is 1.17 bits per heavy atom. The number of aryl methyl sites for hydroxylation is 1. The fourth-order valence-electron chi connectivity index (χ4n) is 13.3. The number of carbonyl (C=O) groups excluding carboxylic acids is 2. The van der Waals surface area contributed by atoms with Crippen molar-refractivity contribution >= 4 is 63.5 Å². The second kappa shape index (κ2) is 76.8. The number of benzene rings is 5. The van der Waals surface area contributed by atoms with Crippen molar-refractivity contribution in [3.05, 3.63) is 180 Å². The van der Waals surface area contributed by atoms with Crippen molar-refractivity contribution in [3.63, 3.8) is 0 Å². The van der Waals surface area contributed by atoms with Gasteiger partial charge in [-0.3, -0.25) is 33.2 Å². The Bertz CT molecular complexity index is 3600. The predicted molar refractivity (Wildman–Crippen MR) is 497 cm³/mol. The monoisotopic (exact) mass is 1960 g/mol. The zero-order chi connectivity index (χ0) is 93.6. The van der Waals surface area contributed by atoms with Crippen LogP contribution in [0.3, 0.4) is 0 Å². The second-order valence-electron chi connectivity index (χ2n) is 34.5. The largest absolute Gasteiger partial charge is 1.00 e. The minimum absolute atomic E-state index is 0. The maximum Gasteiger partial charge on any atom is 1.00 e. The third-order valence-electron chi connectivity index (χ3n) is 17.9. The van der Waals surface area contributed by atoms with E-state index in [1.807, 2.05) is 159 Å². The Morgan fingerprint density at radius 2 is 0.849 bits per heavy atom. The quantitative estimate of drug-likeness (QED) is 0.0108. The van der Waals surface area contributed by atoms with Gasteiger partial charge in [-0.1, -0.05) is 178 Å². The Labute approximate surface area is 968 Å². The molecule has 2 heterocycles. The van der Waals surface area contributed by atoms with Crippen molar-refractivity contribution in [2.24, 2.45) is 10.8 Å². The van der Waals surface area contributed by atoms with E-state index in [1.165, 1.54) is 42.4 Å². The van der Waals surface area contributed by atoms with Crippen LogP contribution in [-0.4, -0.2) is 141 Å². The van der Waals surface area contributed by atoms with Gasteiger partial charge in [0.1, 0.15) is 34.9 Å². The van der Waals surface area contributed by atoms with Gasteiger partial charge in [0.25, 0.3) is 12.9 Å². The summed E-state index contributed by atoms with van der Waals surface area (Å²) in [6, 6.07) is 44.3. The summed E-state index contributed by atoms with van der Waals surface area (Å²) in [5, 5.41) is 45.5. The first-order valence-electron chi connectivity index (χ1n) is 42.1. The van der Waals surface area contributed by atoms with Crippen molar-refractivity contribution < 1.29 is 324 Å². The van der Waals surface area contributed by atoms with Crippen molar-refractivity contribution in [1.82, 2.24) is 20.3 Å². The zero-order valence-corrected chi connectivity index (χ0v) is 102. The number of piperidine rings is 2. The normalized spacial score (nSPS) is 14.8. The molecule has 7 rings (SSSR count). The van der Waals surface area contributed by atoms with Crippen LogP contribution in [0.4, 0.5) is 0 Å². The third kappa shape index (κ3) is 60.1. The molecule has 23 nitrogen and oxygen atoms in total. The molecular weight excluding hydrogens is 1800 g/mol. The van der Waals surface area contributed by atoms with Gasteiger partial charge in [0.15, 0.2) is 0 Å². The van der Waals surface area contributed by atoms with E-state index in [2.05, 4.69) is 161 Å². The molecular formula is C94H159Cl2K4N4NaO19P2. The van der Waals surface area contributed by atoms with Gasteiger partial charge < -0.3 is 66.1 Å². The van der Waals surface area contributed by atoms with Gasteiger partial charge in [-0.05, 0) is 272 Å². The van der Waals surface area contributed by atoms with Gasteiger partial charge in [-0.25, -0.2) is 0 Å². The van der Waals surface area contributed by atoms with Crippen LogP contribution in [0.15, 0.2) is 147 Å². The molecule has 0 amide bonds. The molecule has 126 heavy (non-hydrogen) atoms. The smallest absolute Gasteiger partial charge is 1.00 e. The topological polar surface area (TPSA) is 272 Å². The standard InChI is InChI=1S/C26H37NO2.C16H25NO.C15H34NO4P.C13H29NO4P.C10H12O.C8H8O.2C2H5Cl.2CH2O3.4K.Na.2H/c1-6-28-23-15-10-14-22(20-23)24(17-16-21-12-8-7-9-13-21)29-27-25(2,3)18-11-19-26(27,4)5;1-15(2)11-8-12-16(3,4)17(15)18-13-14-9-6-5-7-10-14;1-10-18-16(15(7,8)9)13(14(4,5)6)21(17,19-11-2)20-12-3;1-9-17-19(16,18-10-2)11(12(3,4)5)14(15)13(6,7)8;1-3-9-6-5-7-10(8-9)11-4-2;1-2-7-4-3-5-8(9)6-7;2*1-2-3;2*2-1-4-3;;;;;;;/h7-10,12-15,20,24H,6,11,16-19H2,1-5H3;5-7,9-10H,8,11-13H2,1-4H3;13H,10-12H2,1-9H3;11H,9-10H2,1-8H3;3,5-8H,1,4H2,2H3;2-6,9H,1H2;2*2H2,1H3;2*1,3H;;;;;;;/q;;;-1;;;;;;;5*+1;2*-1/p-2. The molecule has 0 saturated carbocycles. The number of hydroxylamine groups is 8. The number of halogens is 2. The van der Waals surface area contributed by atoms with Crippen LogP contribution in [-0.2, 0) is 74.1 Å². The molecule has 5 aromatic carbocycles. The first-order valence-corrected chi connectivity index (χ1v) is 46.4. The Hall–Kier alpha value is 1.95. The Kier molecular flexibility index (Phi) is 87.3. The number of nitrogens with zero attached hydrogens (tertiary/aromatic N) is 4.